The molecule has 2 rings (SSSR count). The molecule has 1 aliphatic rings. The van der Waals surface area contributed by atoms with Crippen LogP contribution in [0.5, 0.6) is 0 Å². The summed E-state index contributed by atoms with van der Waals surface area (Å²) >= 11 is 0. The standard InChI is InChI=1S/C12H13NO3/c1-12(11(15)16)9(14)6-7-4-2-3-5-8(7)10(12)13/h2-6,9,14H,13H2,1H3,(H,15,16). The van der Waals surface area contributed by atoms with Crippen LogP contribution in [-0.4, -0.2) is 22.3 Å². The van der Waals surface area contributed by atoms with Crippen molar-refractivity contribution in [3.05, 3.63) is 34.7 Å². The summed E-state index contributed by atoms with van der Waals surface area (Å²) in [6.07, 6.45) is 0.416. The lowest BCUT2D eigenvalue weighted by molar-refractivity contribution is -0.148. The summed E-state index contributed by atoms with van der Waals surface area (Å²) in [7, 11) is 0. The molecule has 0 aliphatic heterocycles. The molecule has 0 radical (unpaired) electrons. The summed E-state index contributed by atoms with van der Waals surface area (Å²) in [4.78, 5) is 11.2. The first kappa shape index (κ1) is 10.7. The van der Waals surface area contributed by atoms with E-state index in [0.717, 1.165) is 5.22 Å². The van der Waals surface area contributed by atoms with Crippen molar-refractivity contribution in [2.45, 2.75) is 13.0 Å². The van der Waals surface area contributed by atoms with E-state index in [1.165, 1.54) is 13.0 Å². The number of fused-ring (bicyclic) bond motifs is 1. The third kappa shape index (κ3) is 1.23. The number of aliphatic hydroxyl groups is 1. The highest BCUT2D eigenvalue weighted by molar-refractivity contribution is 5.88. The highest BCUT2D eigenvalue weighted by Crippen LogP contribution is 2.30. The predicted octanol–water partition coefficient (Wildman–Crippen LogP) is -1.00. The van der Waals surface area contributed by atoms with Crippen LogP contribution in [0.1, 0.15) is 6.92 Å². The van der Waals surface area contributed by atoms with E-state index in [0.29, 0.717) is 5.22 Å². The molecule has 0 spiro atoms. The van der Waals surface area contributed by atoms with Crippen molar-refractivity contribution in [3.63, 3.8) is 0 Å². The number of aliphatic carboxylic acids is 1. The van der Waals surface area contributed by atoms with E-state index in [4.69, 9.17) is 5.73 Å². The minimum atomic E-state index is -1.45. The van der Waals surface area contributed by atoms with E-state index in [1.807, 2.05) is 6.07 Å². The number of rotatable bonds is 1. The Labute approximate surface area is 92.3 Å². The zero-order chi connectivity index (χ0) is 11.9. The van der Waals surface area contributed by atoms with E-state index in [1.54, 1.807) is 18.2 Å². The second kappa shape index (κ2) is 3.35. The average molecular weight is 219 g/mol. The lowest BCUT2D eigenvalue weighted by Crippen LogP contribution is -2.51. The molecule has 1 aliphatic carbocycles. The summed E-state index contributed by atoms with van der Waals surface area (Å²) in [6, 6.07) is 7.17. The first-order valence-corrected chi connectivity index (χ1v) is 4.96. The van der Waals surface area contributed by atoms with Crippen LogP contribution in [0.15, 0.2) is 24.3 Å². The van der Waals surface area contributed by atoms with Crippen LogP contribution in [0, 0.1) is 5.41 Å². The van der Waals surface area contributed by atoms with Crippen molar-refractivity contribution in [1.29, 1.82) is 0 Å². The lowest BCUT2D eigenvalue weighted by Gasteiger charge is -2.31. The molecule has 0 fully saturated rings. The lowest BCUT2D eigenvalue weighted by atomic mass is 9.77. The van der Waals surface area contributed by atoms with Gasteiger partial charge in [0, 0.05) is 10.9 Å². The Bertz CT molecular complexity index is 564. The molecule has 1 aromatic rings. The minimum absolute atomic E-state index is 0.200. The third-order valence-corrected chi connectivity index (χ3v) is 3.18. The largest absolute Gasteiger partial charge is 0.480 e. The Balaban J connectivity index is 2.85. The van der Waals surface area contributed by atoms with Crippen molar-refractivity contribution >= 4 is 17.7 Å². The summed E-state index contributed by atoms with van der Waals surface area (Å²) in [5.41, 5.74) is 4.62. The number of hydrogen-bond acceptors (Lipinski definition) is 3. The highest BCUT2D eigenvalue weighted by atomic mass is 16.4. The minimum Gasteiger partial charge on any atom is -0.480 e. The van der Waals surface area contributed by atoms with Crippen molar-refractivity contribution in [2.24, 2.45) is 11.1 Å². The van der Waals surface area contributed by atoms with E-state index in [9.17, 15) is 15.0 Å². The molecule has 4 N–H and O–H groups in total. The zero-order valence-corrected chi connectivity index (χ0v) is 8.84. The van der Waals surface area contributed by atoms with E-state index in [-0.39, 0.29) is 5.70 Å². The topological polar surface area (TPSA) is 83.5 Å². The molecule has 0 bridgehead atoms. The molecule has 2 unspecified atom stereocenters. The molecule has 0 saturated carbocycles. The number of benzene rings is 1. The second-order valence-electron chi connectivity index (χ2n) is 4.12. The van der Waals surface area contributed by atoms with Crippen LogP contribution in [0.3, 0.4) is 0 Å². The molecule has 4 heteroatoms. The van der Waals surface area contributed by atoms with Crippen molar-refractivity contribution in [1.82, 2.24) is 0 Å². The first-order valence-electron chi connectivity index (χ1n) is 4.96. The monoisotopic (exact) mass is 219 g/mol. The van der Waals surface area contributed by atoms with Gasteiger partial charge in [-0.25, -0.2) is 0 Å². The fraction of sp³-hybridized carbons (Fsp3) is 0.250. The maximum absolute atomic E-state index is 11.2. The molecular formula is C12H13NO3. The number of carbonyl (C=O) groups is 1. The Hall–Kier alpha value is -1.81. The number of aliphatic hydroxyl groups excluding tert-OH is 1. The van der Waals surface area contributed by atoms with Gasteiger partial charge in [0.15, 0.2) is 0 Å². The van der Waals surface area contributed by atoms with Gasteiger partial charge in [0.05, 0.1) is 6.10 Å². The van der Waals surface area contributed by atoms with Crippen LogP contribution >= 0.6 is 0 Å². The van der Waals surface area contributed by atoms with Gasteiger partial charge >= 0.3 is 5.97 Å². The number of nitrogens with two attached hydrogens (primary N) is 1. The molecule has 2 atom stereocenters. The SMILES string of the molecule is CC1(C(=O)O)C(N)=c2ccccc2=CC1O. The maximum Gasteiger partial charge on any atom is 0.318 e. The normalized spacial score (nSPS) is 28.1. The van der Waals surface area contributed by atoms with E-state index in [2.05, 4.69) is 0 Å². The molecule has 0 heterocycles. The van der Waals surface area contributed by atoms with Gasteiger partial charge in [-0.3, -0.25) is 4.79 Å². The number of carboxylic acid groups (broad SMARTS) is 1. The summed E-state index contributed by atoms with van der Waals surface area (Å²) in [5, 5.41) is 20.5. The molecule has 16 heavy (non-hydrogen) atoms. The molecule has 4 nitrogen and oxygen atoms in total. The Morgan fingerprint density at radius 2 is 2.06 bits per heavy atom. The highest BCUT2D eigenvalue weighted by Gasteiger charge is 2.44. The van der Waals surface area contributed by atoms with Gasteiger partial charge in [-0.1, -0.05) is 24.3 Å². The molecule has 0 saturated heterocycles. The molecular weight excluding hydrogens is 206 g/mol. The van der Waals surface area contributed by atoms with Gasteiger partial charge in [-0.05, 0) is 18.2 Å². The van der Waals surface area contributed by atoms with Gasteiger partial charge < -0.3 is 15.9 Å². The molecule has 0 aromatic heterocycles. The Morgan fingerprint density at radius 3 is 2.69 bits per heavy atom. The van der Waals surface area contributed by atoms with Crippen LogP contribution in [0.25, 0.3) is 11.8 Å². The third-order valence-electron chi connectivity index (χ3n) is 3.18. The zero-order valence-electron chi connectivity index (χ0n) is 8.84. The Morgan fingerprint density at radius 1 is 1.44 bits per heavy atom. The fourth-order valence-electron chi connectivity index (χ4n) is 1.91. The predicted molar refractivity (Wildman–Crippen MR) is 59.5 cm³/mol. The first-order chi connectivity index (χ1) is 7.48. The number of hydrogen-bond donors (Lipinski definition) is 3. The van der Waals surface area contributed by atoms with E-state index >= 15 is 0 Å². The smallest absolute Gasteiger partial charge is 0.318 e. The van der Waals surface area contributed by atoms with Gasteiger partial charge in [0.1, 0.15) is 5.41 Å². The maximum atomic E-state index is 11.2. The van der Waals surface area contributed by atoms with Crippen LogP contribution in [-0.2, 0) is 4.79 Å². The average Bonchev–Trinajstić information content (AvgIpc) is 2.26. The molecule has 1 aromatic carbocycles. The van der Waals surface area contributed by atoms with Gasteiger partial charge in [-0.2, -0.15) is 0 Å². The van der Waals surface area contributed by atoms with Gasteiger partial charge in [0.2, 0.25) is 0 Å². The van der Waals surface area contributed by atoms with Gasteiger partial charge in [-0.15, -0.1) is 0 Å². The van der Waals surface area contributed by atoms with Crippen molar-refractivity contribution in [3.8, 4) is 0 Å². The summed E-state index contributed by atoms with van der Waals surface area (Å²) in [5.74, 6) is -1.12. The molecule has 84 valence electrons. The van der Waals surface area contributed by atoms with Crippen molar-refractivity contribution < 1.29 is 15.0 Å². The van der Waals surface area contributed by atoms with Crippen molar-refractivity contribution in [2.75, 3.05) is 0 Å². The van der Waals surface area contributed by atoms with E-state index < -0.39 is 17.5 Å². The van der Waals surface area contributed by atoms with Gasteiger partial charge in [0.25, 0.3) is 0 Å². The number of carboxylic acids is 1. The quantitative estimate of drug-likeness (QED) is 0.565. The molecule has 0 amide bonds. The summed E-state index contributed by atoms with van der Waals surface area (Å²) < 4.78 is 0. The van der Waals surface area contributed by atoms with Crippen LogP contribution in [0.2, 0.25) is 0 Å². The van der Waals surface area contributed by atoms with Crippen LogP contribution < -0.4 is 16.2 Å². The fourth-order valence-corrected chi connectivity index (χ4v) is 1.91. The Kier molecular flexibility index (Phi) is 2.24. The summed E-state index contributed by atoms with van der Waals surface area (Å²) in [6.45, 7) is 1.43. The second-order valence-corrected chi connectivity index (χ2v) is 4.12. The van der Waals surface area contributed by atoms with Crippen LogP contribution in [0.4, 0.5) is 0 Å².